The number of hydrogen-bond acceptors (Lipinski definition) is 4. The number of nitrogens with one attached hydrogen (secondary N) is 1. The van der Waals surface area contributed by atoms with E-state index in [1.165, 1.54) is 23.6 Å². The van der Waals surface area contributed by atoms with Crippen molar-refractivity contribution in [3.8, 4) is 5.75 Å². The van der Waals surface area contributed by atoms with E-state index in [0.29, 0.717) is 12.6 Å². The van der Waals surface area contributed by atoms with E-state index in [-0.39, 0.29) is 5.75 Å². The Kier molecular flexibility index (Phi) is 5.91. The van der Waals surface area contributed by atoms with Gasteiger partial charge in [0, 0.05) is 18.8 Å². The molecule has 2 aliphatic rings. The van der Waals surface area contributed by atoms with Crippen molar-refractivity contribution in [3.63, 3.8) is 0 Å². The summed E-state index contributed by atoms with van der Waals surface area (Å²) in [4.78, 5) is 0. The summed E-state index contributed by atoms with van der Waals surface area (Å²) in [7, 11) is -1.43. The van der Waals surface area contributed by atoms with Crippen LogP contribution in [0.4, 0.5) is 0 Å². The minimum atomic E-state index is -3.24. The maximum Gasteiger partial charge on any atom is 0.234 e. The van der Waals surface area contributed by atoms with Crippen LogP contribution in [0.15, 0.2) is 42.2 Å². The van der Waals surface area contributed by atoms with Crippen LogP contribution in [0.25, 0.3) is 5.57 Å². The van der Waals surface area contributed by atoms with E-state index in [0.717, 1.165) is 35.4 Å². The minimum absolute atomic E-state index is 0.0941. The van der Waals surface area contributed by atoms with Gasteiger partial charge in [0.05, 0.1) is 24.1 Å². The number of benzene rings is 1. The third-order valence-electron chi connectivity index (χ3n) is 5.05. The summed E-state index contributed by atoms with van der Waals surface area (Å²) in [6.45, 7) is 2.02. The van der Waals surface area contributed by atoms with E-state index in [1.807, 2.05) is 37.4 Å². The Morgan fingerprint density at radius 3 is 2.46 bits per heavy atom. The maximum absolute atomic E-state index is 12.1. The second kappa shape index (κ2) is 8.16. The molecule has 0 aromatic heterocycles. The summed E-state index contributed by atoms with van der Waals surface area (Å²) < 4.78 is 31.7. The monoisotopic (exact) mass is 376 g/mol. The molecule has 0 saturated heterocycles. The quantitative estimate of drug-likeness (QED) is 0.825. The largest absolute Gasteiger partial charge is 0.490 e. The highest BCUT2D eigenvalue weighted by Gasteiger charge is 2.22. The SMILES string of the molecule is CCS(=O)(=O)N1C=C(NC)C(c2ccc(OC3CCCCC3)cc2)=CC1. The van der Waals surface area contributed by atoms with Crippen LogP contribution in [0.1, 0.15) is 44.6 Å². The van der Waals surface area contributed by atoms with Crippen molar-refractivity contribution in [2.24, 2.45) is 0 Å². The van der Waals surface area contributed by atoms with Crippen molar-refractivity contribution in [1.82, 2.24) is 9.62 Å². The van der Waals surface area contributed by atoms with Crippen LogP contribution >= 0.6 is 0 Å². The fourth-order valence-corrected chi connectivity index (χ4v) is 4.38. The summed E-state index contributed by atoms with van der Waals surface area (Å²) in [5.41, 5.74) is 2.86. The molecule has 26 heavy (non-hydrogen) atoms. The Morgan fingerprint density at radius 2 is 1.85 bits per heavy atom. The van der Waals surface area contributed by atoms with Crippen LogP contribution in [-0.2, 0) is 10.0 Å². The van der Waals surface area contributed by atoms with Gasteiger partial charge in [-0.25, -0.2) is 8.42 Å². The maximum atomic E-state index is 12.1. The Labute approximate surface area is 156 Å². The third kappa shape index (κ3) is 4.23. The molecule has 5 nitrogen and oxygen atoms in total. The number of nitrogens with zero attached hydrogens (tertiary/aromatic N) is 1. The van der Waals surface area contributed by atoms with Crippen LogP contribution in [0.5, 0.6) is 5.75 Å². The topological polar surface area (TPSA) is 58.6 Å². The number of likely N-dealkylation sites (N-methyl/N-ethyl adjacent to an activating group) is 1. The van der Waals surface area contributed by atoms with Crippen molar-refractivity contribution >= 4 is 15.6 Å². The van der Waals surface area contributed by atoms with Gasteiger partial charge in [-0.05, 0) is 50.3 Å². The molecule has 0 atom stereocenters. The molecule has 0 unspecified atom stereocenters. The van der Waals surface area contributed by atoms with E-state index >= 15 is 0 Å². The van der Waals surface area contributed by atoms with Gasteiger partial charge < -0.3 is 10.1 Å². The molecule has 0 amide bonds. The summed E-state index contributed by atoms with van der Waals surface area (Å²) in [6.07, 6.45) is 10.1. The van der Waals surface area contributed by atoms with Crippen LogP contribution in [0.2, 0.25) is 0 Å². The lowest BCUT2D eigenvalue weighted by molar-refractivity contribution is 0.155. The standard InChI is InChI=1S/C20H28N2O3S/c1-3-26(23,24)22-14-13-19(20(15-22)21-2)16-9-11-18(12-10-16)25-17-7-5-4-6-8-17/h9-13,15,17,21H,3-8,14H2,1-2H3. The highest BCUT2D eigenvalue weighted by molar-refractivity contribution is 7.89. The second-order valence-corrected chi connectivity index (χ2v) is 8.99. The lowest BCUT2D eigenvalue weighted by Gasteiger charge is -2.26. The first kappa shape index (κ1) is 18.8. The van der Waals surface area contributed by atoms with Gasteiger partial charge in [0.2, 0.25) is 10.0 Å². The highest BCUT2D eigenvalue weighted by Crippen LogP contribution is 2.29. The van der Waals surface area contributed by atoms with Crippen molar-refractivity contribution in [2.45, 2.75) is 45.1 Å². The molecule has 6 heteroatoms. The molecular weight excluding hydrogens is 348 g/mol. The molecule has 3 rings (SSSR count). The van der Waals surface area contributed by atoms with Crippen LogP contribution in [0, 0.1) is 0 Å². The Hall–Kier alpha value is -1.95. The lowest BCUT2D eigenvalue weighted by atomic mass is 9.97. The normalized spacial score (nSPS) is 18.9. The number of sulfonamides is 1. The van der Waals surface area contributed by atoms with E-state index in [1.54, 1.807) is 13.1 Å². The second-order valence-electron chi connectivity index (χ2n) is 6.78. The molecule has 0 spiro atoms. The number of hydrogen-bond donors (Lipinski definition) is 1. The fraction of sp³-hybridized carbons (Fsp3) is 0.500. The average molecular weight is 377 g/mol. The van der Waals surface area contributed by atoms with Gasteiger partial charge in [-0.15, -0.1) is 0 Å². The molecule has 1 saturated carbocycles. The predicted octanol–water partition coefficient (Wildman–Crippen LogP) is 3.51. The first-order chi connectivity index (χ1) is 12.5. The smallest absolute Gasteiger partial charge is 0.234 e. The molecule has 0 radical (unpaired) electrons. The van der Waals surface area contributed by atoms with Crippen molar-refractivity contribution in [1.29, 1.82) is 0 Å². The first-order valence-electron chi connectivity index (χ1n) is 9.40. The van der Waals surface area contributed by atoms with Crippen molar-refractivity contribution < 1.29 is 13.2 Å². The van der Waals surface area contributed by atoms with E-state index in [9.17, 15) is 8.42 Å². The Balaban J connectivity index is 1.73. The number of ether oxygens (including phenoxy) is 1. The van der Waals surface area contributed by atoms with Crippen molar-refractivity contribution in [3.05, 3.63) is 47.8 Å². The molecule has 1 fully saturated rings. The highest BCUT2D eigenvalue weighted by atomic mass is 32.2. The molecule has 0 bridgehead atoms. The van der Waals surface area contributed by atoms with Gasteiger partial charge in [0.25, 0.3) is 0 Å². The molecule has 1 heterocycles. The average Bonchev–Trinajstić information content (AvgIpc) is 2.69. The zero-order chi connectivity index (χ0) is 18.6. The Bertz CT molecular complexity index is 776. The lowest BCUT2D eigenvalue weighted by Crippen LogP contribution is -2.32. The number of allylic oxidation sites excluding steroid dienone is 1. The minimum Gasteiger partial charge on any atom is -0.490 e. The molecular formula is C20H28N2O3S. The molecule has 142 valence electrons. The van der Waals surface area contributed by atoms with E-state index in [2.05, 4.69) is 5.32 Å². The molecule has 1 aromatic carbocycles. The van der Waals surface area contributed by atoms with Gasteiger partial charge in [-0.1, -0.05) is 24.6 Å². The van der Waals surface area contributed by atoms with Gasteiger partial charge in [-0.2, -0.15) is 0 Å². The third-order valence-corrected chi connectivity index (χ3v) is 6.75. The zero-order valence-electron chi connectivity index (χ0n) is 15.6. The van der Waals surface area contributed by atoms with Gasteiger partial charge in [0.1, 0.15) is 5.75 Å². The molecule has 1 aliphatic carbocycles. The summed E-state index contributed by atoms with van der Waals surface area (Å²) in [6, 6.07) is 8.10. The Morgan fingerprint density at radius 1 is 1.15 bits per heavy atom. The van der Waals surface area contributed by atoms with E-state index in [4.69, 9.17) is 4.74 Å². The molecule has 1 N–H and O–H groups in total. The van der Waals surface area contributed by atoms with Gasteiger partial charge in [0.15, 0.2) is 0 Å². The van der Waals surface area contributed by atoms with Gasteiger partial charge in [-0.3, -0.25) is 4.31 Å². The van der Waals surface area contributed by atoms with E-state index < -0.39 is 10.0 Å². The zero-order valence-corrected chi connectivity index (χ0v) is 16.4. The van der Waals surface area contributed by atoms with Crippen LogP contribution in [-0.4, -0.2) is 38.2 Å². The molecule has 1 aliphatic heterocycles. The summed E-state index contributed by atoms with van der Waals surface area (Å²) in [5, 5.41) is 3.11. The number of rotatable bonds is 6. The summed E-state index contributed by atoms with van der Waals surface area (Å²) >= 11 is 0. The summed E-state index contributed by atoms with van der Waals surface area (Å²) in [5.74, 6) is 0.999. The fourth-order valence-electron chi connectivity index (χ4n) is 3.48. The predicted molar refractivity (Wildman–Crippen MR) is 105 cm³/mol. The van der Waals surface area contributed by atoms with Gasteiger partial charge >= 0.3 is 0 Å². The molecule has 1 aromatic rings. The van der Waals surface area contributed by atoms with Crippen molar-refractivity contribution in [2.75, 3.05) is 19.3 Å². The van der Waals surface area contributed by atoms with Crippen LogP contribution in [0.3, 0.4) is 0 Å². The first-order valence-corrected chi connectivity index (χ1v) is 11.0. The van der Waals surface area contributed by atoms with Crippen LogP contribution < -0.4 is 10.1 Å².